The lowest BCUT2D eigenvalue weighted by molar-refractivity contribution is -0.140. The lowest BCUT2D eigenvalue weighted by atomic mass is 9.98. The van der Waals surface area contributed by atoms with E-state index >= 15 is 0 Å². The van der Waals surface area contributed by atoms with Crippen molar-refractivity contribution in [3.05, 3.63) is 18.1 Å². The fraction of sp³-hybridized carbons (Fsp3) is 0.333. The number of aryl methyl sites for hydroxylation is 1. The van der Waals surface area contributed by atoms with Crippen LogP contribution in [0.1, 0.15) is 12.6 Å². The standard InChI is InChI=1S/C9H10ClN3O2/c1-9(8(14)15)3-5(10)6-7(12-9)13(2)4-11-6/h3-4,12H,1-2H3,(H,14,15). The van der Waals surface area contributed by atoms with Gasteiger partial charge in [0.1, 0.15) is 11.5 Å². The van der Waals surface area contributed by atoms with Gasteiger partial charge < -0.3 is 15.0 Å². The Morgan fingerprint density at radius 2 is 2.40 bits per heavy atom. The van der Waals surface area contributed by atoms with Crippen molar-refractivity contribution in [1.29, 1.82) is 0 Å². The number of imidazole rings is 1. The summed E-state index contributed by atoms with van der Waals surface area (Å²) < 4.78 is 1.70. The zero-order valence-corrected chi connectivity index (χ0v) is 9.04. The van der Waals surface area contributed by atoms with E-state index in [0.717, 1.165) is 0 Å². The molecule has 1 unspecified atom stereocenters. The van der Waals surface area contributed by atoms with Crippen molar-refractivity contribution in [2.24, 2.45) is 7.05 Å². The Morgan fingerprint density at radius 3 is 3.00 bits per heavy atom. The molecule has 2 rings (SSSR count). The molecule has 2 heterocycles. The number of carboxylic acid groups (broad SMARTS) is 1. The Labute approximate surface area is 91.4 Å². The van der Waals surface area contributed by atoms with E-state index in [2.05, 4.69) is 10.3 Å². The summed E-state index contributed by atoms with van der Waals surface area (Å²) in [6.07, 6.45) is 3.04. The van der Waals surface area contributed by atoms with Crippen molar-refractivity contribution in [3.8, 4) is 0 Å². The first-order chi connectivity index (χ1) is 6.94. The number of anilines is 1. The van der Waals surface area contributed by atoms with Crippen molar-refractivity contribution in [3.63, 3.8) is 0 Å². The van der Waals surface area contributed by atoms with Crippen LogP contribution in [0.3, 0.4) is 0 Å². The van der Waals surface area contributed by atoms with Gasteiger partial charge >= 0.3 is 5.97 Å². The second-order valence-electron chi connectivity index (χ2n) is 3.68. The van der Waals surface area contributed by atoms with Crippen LogP contribution in [0.15, 0.2) is 12.4 Å². The fourth-order valence-corrected chi connectivity index (χ4v) is 1.83. The Bertz CT molecular complexity index is 466. The third kappa shape index (κ3) is 1.39. The molecule has 0 aromatic carbocycles. The molecular weight excluding hydrogens is 218 g/mol. The average molecular weight is 228 g/mol. The average Bonchev–Trinajstić information content (AvgIpc) is 2.48. The van der Waals surface area contributed by atoms with Crippen LogP contribution in [0.4, 0.5) is 5.82 Å². The van der Waals surface area contributed by atoms with Gasteiger partial charge in [-0.15, -0.1) is 0 Å². The molecule has 0 saturated heterocycles. The topological polar surface area (TPSA) is 67.2 Å². The quantitative estimate of drug-likeness (QED) is 0.758. The summed E-state index contributed by atoms with van der Waals surface area (Å²) in [4.78, 5) is 15.1. The van der Waals surface area contributed by atoms with E-state index in [0.29, 0.717) is 16.5 Å². The molecular formula is C9H10ClN3O2. The lowest BCUT2D eigenvalue weighted by Gasteiger charge is -2.28. The van der Waals surface area contributed by atoms with Gasteiger partial charge in [-0.05, 0) is 13.0 Å². The summed E-state index contributed by atoms with van der Waals surface area (Å²) in [6.45, 7) is 1.55. The first kappa shape index (κ1) is 10.0. The van der Waals surface area contributed by atoms with E-state index in [1.54, 1.807) is 24.9 Å². The Hall–Kier alpha value is -1.49. The molecule has 2 N–H and O–H groups in total. The minimum Gasteiger partial charge on any atom is -0.479 e. The van der Waals surface area contributed by atoms with Crippen LogP contribution in [0.25, 0.3) is 5.03 Å². The maximum absolute atomic E-state index is 11.1. The number of fused-ring (bicyclic) bond motifs is 1. The number of hydrogen-bond acceptors (Lipinski definition) is 3. The first-order valence-electron chi connectivity index (χ1n) is 4.35. The van der Waals surface area contributed by atoms with Crippen LogP contribution in [0, 0.1) is 0 Å². The number of carbonyl (C=O) groups is 1. The molecule has 1 aliphatic heterocycles. The monoisotopic (exact) mass is 227 g/mol. The van der Waals surface area contributed by atoms with Gasteiger partial charge in [-0.2, -0.15) is 0 Å². The Morgan fingerprint density at radius 1 is 1.73 bits per heavy atom. The largest absolute Gasteiger partial charge is 0.479 e. The van der Waals surface area contributed by atoms with Gasteiger partial charge in [-0.25, -0.2) is 9.78 Å². The Kier molecular flexibility index (Phi) is 2.01. The number of hydrogen-bond donors (Lipinski definition) is 2. The molecule has 1 aromatic rings. The van der Waals surface area contributed by atoms with Crippen LogP contribution in [0.5, 0.6) is 0 Å². The van der Waals surface area contributed by atoms with Gasteiger partial charge in [0.2, 0.25) is 0 Å². The summed E-state index contributed by atoms with van der Waals surface area (Å²) in [5, 5.41) is 12.3. The second kappa shape index (κ2) is 3.00. The third-order valence-corrected chi connectivity index (χ3v) is 2.69. The van der Waals surface area contributed by atoms with E-state index in [1.165, 1.54) is 6.08 Å². The van der Waals surface area contributed by atoms with Crippen molar-refractivity contribution in [1.82, 2.24) is 9.55 Å². The van der Waals surface area contributed by atoms with Gasteiger partial charge in [-0.3, -0.25) is 0 Å². The molecule has 1 aliphatic rings. The number of nitrogens with zero attached hydrogens (tertiary/aromatic N) is 2. The zero-order chi connectivity index (χ0) is 11.2. The molecule has 0 amide bonds. The summed E-state index contributed by atoms with van der Waals surface area (Å²) in [6, 6.07) is 0. The number of rotatable bonds is 1. The molecule has 80 valence electrons. The maximum Gasteiger partial charge on any atom is 0.333 e. The van der Waals surface area contributed by atoms with Crippen LogP contribution in [-0.2, 0) is 11.8 Å². The van der Waals surface area contributed by atoms with Crippen molar-refractivity contribution >= 4 is 28.4 Å². The second-order valence-corrected chi connectivity index (χ2v) is 4.08. The van der Waals surface area contributed by atoms with Crippen molar-refractivity contribution in [2.45, 2.75) is 12.5 Å². The number of halogens is 1. The highest BCUT2D eigenvalue weighted by Gasteiger charge is 2.37. The summed E-state index contributed by atoms with van der Waals surface area (Å²) in [5.74, 6) is -0.361. The summed E-state index contributed by atoms with van der Waals surface area (Å²) in [7, 11) is 1.77. The SMILES string of the molecule is Cn1cnc2c1NC(C)(C(=O)O)C=C2Cl. The van der Waals surface area contributed by atoms with Crippen LogP contribution >= 0.6 is 11.6 Å². The molecule has 1 aromatic heterocycles. The highest BCUT2D eigenvalue weighted by Crippen LogP contribution is 2.34. The molecule has 0 saturated carbocycles. The normalized spacial score (nSPS) is 24.1. The number of nitrogens with one attached hydrogen (secondary N) is 1. The van der Waals surface area contributed by atoms with E-state index in [9.17, 15) is 4.79 Å². The van der Waals surface area contributed by atoms with Gasteiger partial charge in [0.15, 0.2) is 5.54 Å². The highest BCUT2D eigenvalue weighted by atomic mass is 35.5. The number of carboxylic acids is 1. The van der Waals surface area contributed by atoms with Crippen LogP contribution in [-0.4, -0.2) is 26.2 Å². The van der Waals surface area contributed by atoms with Crippen molar-refractivity contribution in [2.75, 3.05) is 5.32 Å². The van der Waals surface area contributed by atoms with Gasteiger partial charge in [0.25, 0.3) is 0 Å². The number of aliphatic carboxylic acids is 1. The molecule has 5 nitrogen and oxygen atoms in total. The first-order valence-corrected chi connectivity index (χ1v) is 4.73. The molecule has 0 fully saturated rings. The van der Waals surface area contributed by atoms with Crippen LogP contribution < -0.4 is 5.32 Å². The summed E-state index contributed by atoms with van der Waals surface area (Å²) in [5.41, 5.74) is -0.601. The molecule has 0 aliphatic carbocycles. The fourth-order valence-electron chi connectivity index (χ4n) is 1.47. The molecule has 0 bridgehead atoms. The molecule has 15 heavy (non-hydrogen) atoms. The minimum absolute atomic E-state index is 0.356. The third-order valence-electron chi connectivity index (χ3n) is 2.40. The molecule has 0 spiro atoms. The van der Waals surface area contributed by atoms with Crippen molar-refractivity contribution < 1.29 is 9.90 Å². The molecule has 1 atom stereocenters. The minimum atomic E-state index is -1.18. The smallest absolute Gasteiger partial charge is 0.333 e. The lowest BCUT2D eigenvalue weighted by Crippen LogP contribution is -2.43. The summed E-state index contributed by atoms with van der Waals surface area (Å²) >= 11 is 5.97. The van der Waals surface area contributed by atoms with E-state index in [1.807, 2.05) is 0 Å². The Balaban J connectivity index is 2.55. The predicted molar refractivity (Wildman–Crippen MR) is 56.7 cm³/mol. The van der Waals surface area contributed by atoms with E-state index in [4.69, 9.17) is 16.7 Å². The molecule has 6 heteroatoms. The van der Waals surface area contributed by atoms with Crippen LogP contribution in [0.2, 0.25) is 0 Å². The zero-order valence-electron chi connectivity index (χ0n) is 8.28. The van der Waals surface area contributed by atoms with Gasteiger partial charge in [0.05, 0.1) is 11.4 Å². The van der Waals surface area contributed by atoms with E-state index < -0.39 is 11.5 Å². The number of aromatic nitrogens is 2. The van der Waals surface area contributed by atoms with Gasteiger partial charge in [0, 0.05) is 7.05 Å². The van der Waals surface area contributed by atoms with Gasteiger partial charge in [-0.1, -0.05) is 11.6 Å². The van der Waals surface area contributed by atoms with E-state index in [-0.39, 0.29) is 0 Å². The molecule has 0 radical (unpaired) electrons. The maximum atomic E-state index is 11.1. The predicted octanol–water partition coefficient (Wildman–Crippen LogP) is 1.27. The highest BCUT2D eigenvalue weighted by molar-refractivity contribution is 6.49.